The third kappa shape index (κ3) is 3.01. The van der Waals surface area contributed by atoms with Crippen molar-refractivity contribution in [1.82, 2.24) is 4.90 Å². The van der Waals surface area contributed by atoms with E-state index in [1.54, 1.807) is 6.92 Å². The number of urea groups is 1. The van der Waals surface area contributed by atoms with Crippen LogP contribution >= 0.6 is 0 Å². The highest BCUT2D eigenvalue weighted by Gasteiger charge is 2.37. The van der Waals surface area contributed by atoms with Crippen molar-refractivity contribution >= 4 is 17.7 Å². The number of anilines is 1. The first-order valence-electron chi connectivity index (χ1n) is 6.01. The van der Waals surface area contributed by atoms with Crippen LogP contribution in [0.25, 0.3) is 0 Å². The summed E-state index contributed by atoms with van der Waals surface area (Å²) in [5, 5.41) is 11.5. The first-order chi connectivity index (χ1) is 8.97. The van der Waals surface area contributed by atoms with Crippen LogP contribution in [0.3, 0.4) is 0 Å². The lowest BCUT2D eigenvalue weighted by atomic mass is 9.87. The molecule has 2 N–H and O–H groups in total. The van der Waals surface area contributed by atoms with Crippen LogP contribution in [0.5, 0.6) is 0 Å². The fourth-order valence-corrected chi connectivity index (χ4v) is 1.93. The van der Waals surface area contributed by atoms with Gasteiger partial charge in [0, 0.05) is 24.7 Å². The average Bonchev–Trinajstić information content (AvgIpc) is 2.30. The zero-order valence-corrected chi connectivity index (χ0v) is 10.5. The minimum Gasteiger partial charge on any atom is -0.481 e. The van der Waals surface area contributed by atoms with Crippen molar-refractivity contribution in [2.24, 2.45) is 11.8 Å². The number of benzene rings is 1. The highest BCUT2D eigenvalue weighted by atomic mass is 19.1. The van der Waals surface area contributed by atoms with Crippen molar-refractivity contribution in [2.75, 3.05) is 18.4 Å². The molecule has 0 spiro atoms. The number of carboxylic acid groups (broad SMARTS) is 1. The number of aliphatic carboxylic acids is 1. The van der Waals surface area contributed by atoms with E-state index >= 15 is 0 Å². The molecule has 2 rings (SSSR count). The van der Waals surface area contributed by atoms with Crippen molar-refractivity contribution in [3.8, 4) is 0 Å². The van der Waals surface area contributed by atoms with Gasteiger partial charge in [0.1, 0.15) is 5.82 Å². The van der Waals surface area contributed by atoms with Crippen LogP contribution in [0.15, 0.2) is 24.3 Å². The predicted molar refractivity (Wildman–Crippen MR) is 67.3 cm³/mol. The van der Waals surface area contributed by atoms with E-state index in [1.165, 1.54) is 29.2 Å². The molecule has 1 heterocycles. The number of hydrogen-bond acceptors (Lipinski definition) is 2. The van der Waals surface area contributed by atoms with E-state index in [0.717, 1.165) is 0 Å². The van der Waals surface area contributed by atoms with Gasteiger partial charge in [0.05, 0.1) is 5.92 Å². The Bertz CT molecular complexity index is 483. The number of likely N-dealkylation sites (tertiary alicyclic amines) is 1. The van der Waals surface area contributed by atoms with Crippen LogP contribution in [0.2, 0.25) is 0 Å². The Morgan fingerprint density at radius 2 is 1.95 bits per heavy atom. The molecule has 1 fully saturated rings. The lowest BCUT2D eigenvalue weighted by Crippen LogP contribution is -2.54. The maximum atomic E-state index is 12.7. The second-order valence-electron chi connectivity index (χ2n) is 4.73. The molecule has 0 saturated carbocycles. The molecule has 0 radical (unpaired) electrons. The molecule has 1 aromatic carbocycles. The second kappa shape index (κ2) is 5.26. The van der Waals surface area contributed by atoms with Crippen molar-refractivity contribution in [2.45, 2.75) is 6.92 Å². The zero-order valence-electron chi connectivity index (χ0n) is 10.5. The summed E-state index contributed by atoms with van der Waals surface area (Å²) in [6.45, 7) is 2.50. The Labute approximate surface area is 110 Å². The first-order valence-corrected chi connectivity index (χ1v) is 6.01. The second-order valence-corrected chi connectivity index (χ2v) is 4.73. The number of carboxylic acids is 1. The summed E-state index contributed by atoms with van der Waals surface area (Å²) < 4.78 is 12.7. The molecule has 1 atom stereocenters. The van der Waals surface area contributed by atoms with Crippen molar-refractivity contribution in [1.29, 1.82) is 0 Å². The van der Waals surface area contributed by atoms with Crippen LogP contribution in [0, 0.1) is 17.7 Å². The quantitative estimate of drug-likeness (QED) is 0.879. The van der Waals surface area contributed by atoms with Crippen LogP contribution in [-0.2, 0) is 4.79 Å². The molecule has 0 bridgehead atoms. The topological polar surface area (TPSA) is 69.6 Å². The van der Waals surface area contributed by atoms with Gasteiger partial charge in [-0.2, -0.15) is 0 Å². The smallest absolute Gasteiger partial charge is 0.321 e. The van der Waals surface area contributed by atoms with Gasteiger partial charge in [-0.3, -0.25) is 4.79 Å². The number of nitrogens with zero attached hydrogens (tertiary/aromatic N) is 1. The number of amides is 2. The number of hydrogen-bond donors (Lipinski definition) is 2. The van der Waals surface area contributed by atoms with Gasteiger partial charge in [0.15, 0.2) is 0 Å². The van der Waals surface area contributed by atoms with Gasteiger partial charge in [0.25, 0.3) is 0 Å². The summed E-state index contributed by atoms with van der Waals surface area (Å²) >= 11 is 0. The Hall–Kier alpha value is -2.11. The van der Waals surface area contributed by atoms with E-state index in [0.29, 0.717) is 18.8 Å². The monoisotopic (exact) mass is 266 g/mol. The molecule has 6 heteroatoms. The Morgan fingerprint density at radius 1 is 1.37 bits per heavy atom. The minimum absolute atomic E-state index is 0.00327. The molecule has 1 aliphatic rings. The van der Waals surface area contributed by atoms with Crippen molar-refractivity contribution < 1.29 is 19.1 Å². The molecule has 0 aliphatic carbocycles. The van der Waals surface area contributed by atoms with E-state index in [-0.39, 0.29) is 17.8 Å². The first kappa shape index (κ1) is 13.3. The van der Waals surface area contributed by atoms with Crippen LogP contribution in [0.4, 0.5) is 14.9 Å². The maximum absolute atomic E-state index is 12.7. The number of nitrogens with one attached hydrogen (secondary N) is 1. The average molecular weight is 266 g/mol. The lowest BCUT2D eigenvalue weighted by Gasteiger charge is -2.41. The van der Waals surface area contributed by atoms with Gasteiger partial charge in [-0.1, -0.05) is 6.92 Å². The summed E-state index contributed by atoms with van der Waals surface area (Å²) in [6.07, 6.45) is 0. The maximum Gasteiger partial charge on any atom is 0.321 e. The normalized spacial score (nSPS) is 16.6. The van der Waals surface area contributed by atoms with Gasteiger partial charge in [0.2, 0.25) is 0 Å². The zero-order chi connectivity index (χ0) is 14.0. The van der Waals surface area contributed by atoms with Gasteiger partial charge in [-0.15, -0.1) is 0 Å². The van der Waals surface area contributed by atoms with Crippen LogP contribution in [-0.4, -0.2) is 35.1 Å². The standard InChI is InChI=1S/C13H15FN2O3/c1-8(12(17)18)9-6-16(7-9)13(19)15-11-4-2-10(14)3-5-11/h2-5,8-9H,6-7H2,1H3,(H,15,19)(H,17,18). The Balaban J connectivity index is 1.83. The molecule has 1 saturated heterocycles. The van der Waals surface area contributed by atoms with E-state index in [2.05, 4.69) is 5.32 Å². The summed E-state index contributed by atoms with van der Waals surface area (Å²) in [7, 11) is 0. The lowest BCUT2D eigenvalue weighted by molar-refractivity contribution is -0.144. The number of rotatable bonds is 3. The van der Waals surface area contributed by atoms with Crippen molar-refractivity contribution in [3.05, 3.63) is 30.1 Å². The van der Waals surface area contributed by atoms with Crippen molar-refractivity contribution in [3.63, 3.8) is 0 Å². The van der Waals surface area contributed by atoms with E-state index in [4.69, 9.17) is 5.11 Å². The van der Waals surface area contributed by atoms with Gasteiger partial charge >= 0.3 is 12.0 Å². The molecule has 2 amide bonds. The molecule has 1 aliphatic heterocycles. The molecule has 1 aromatic rings. The number of carbonyl (C=O) groups excluding carboxylic acids is 1. The molecule has 1 unspecified atom stereocenters. The SMILES string of the molecule is CC(C(=O)O)C1CN(C(=O)Nc2ccc(F)cc2)C1. The van der Waals surface area contributed by atoms with Crippen LogP contribution in [0.1, 0.15) is 6.92 Å². The highest BCUT2D eigenvalue weighted by Crippen LogP contribution is 2.24. The molecular weight excluding hydrogens is 251 g/mol. The van der Waals surface area contributed by atoms with Gasteiger partial charge < -0.3 is 15.3 Å². The molecule has 19 heavy (non-hydrogen) atoms. The molecular formula is C13H15FN2O3. The highest BCUT2D eigenvalue weighted by molar-refractivity contribution is 5.90. The molecule has 0 aromatic heterocycles. The summed E-state index contributed by atoms with van der Waals surface area (Å²) in [5.41, 5.74) is 0.515. The number of carbonyl (C=O) groups is 2. The number of halogens is 1. The Morgan fingerprint density at radius 3 is 2.47 bits per heavy atom. The Kier molecular flexibility index (Phi) is 3.69. The predicted octanol–water partition coefficient (Wildman–Crippen LogP) is 2.01. The van der Waals surface area contributed by atoms with Gasteiger partial charge in [-0.25, -0.2) is 9.18 Å². The van der Waals surface area contributed by atoms with Gasteiger partial charge in [-0.05, 0) is 24.3 Å². The van der Waals surface area contributed by atoms with E-state index < -0.39 is 11.9 Å². The minimum atomic E-state index is -0.844. The third-order valence-electron chi connectivity index (χ3n) is 3.39. The molecule has 102 valence electrons. The van der Waals surface area contributed by atoms with Crippen LogP contribution < -0.4 is 5.32 Å². The summed E-state index contributed by atoms with van der Waals surface area (Å²) in [5.74, 6) is -1.66. The fourth-order valence-electron chi connectivity index (χ4n) is 1.93. The van der Waals surface area contributed by atoms with E-state index in [1.807, 2.05) is 0 Å². The summed E-state index contributed by atoms with van der Waals surface area (Å²) in [6, 6.07) is 5.19. The largest absolute Gasteiger partial charge is 0.481 e. The third-order valence-corrected chi connectivity index (χ3v) is 3.39. The fraction of sp³-hybridized carbons (Fsp3) is 0.385. The summed E-state index contributed by atoms with van der Waals surface area (Å²) in [4.78, 5) is 24.1. The van der Waals surface area contributed by atoms with E-state index in [9.17, 15) is 14.0 Å². The molecule has 5 nitrogen and oxygen atoms in total.